The monoisotopic (exact) mass is 194 g/mol. The first-order valence-corrected chi connectivity index (χ1v) is 4.68. The van der Waals surface area contributed by atoms with E-state index in [-0.39, 0.29) is 6.17 Å². The van der Waals surface area contributed by atoms with Crippen LogP contribution in [0.25, 0.3) is 0 Å². The first kappa shape index (κ1) is 11.0. The number of methoxy groups -OCH3 is 1. The molecular weight excluding hydrogens is 176 g/mol. The third kappa shape index (κ3) is 2.05. The van der Waals surface area contributed by atoms with Gasteiger partial charge in [0.1, 0.15) is 5.75 Å². The lowest BCUT2D eigenvalue weighted by Gasteiger charge is -2.18. The van der Waals surface area contributed by atoms with Crippen LogP contribution in [0.1, 0.15) is 22.9 Å². The maximum Gasteiger partial charge on any atom is 0.125 e. The highest BCUT2D eigenvalue weighted by atomic mass is 16.5. The van der Waals surface area contributed by atoms with Crippen molar-refractivity contribution in [3.05, 3.63) is 28.8 Å². The van der Waals surface area contributed by atoms with Gasteiger partial charge < -0.3 is 15.8 Å². The standard InChI is InChI=1S/C11H18N2O/c1-7-5-8(2)10(11(12)13-3)9(6-7)14-4/h5-6,11,13H,12H2,1-4H3. The second kappa shape index (κ2) is 4.44. The van der Waals surface area contributed by atoms with E-state index in [2.05, 4.69) is 11.4 Å². The molecule has 14 heavy (non-hydrogen) atoms. The van der Waals surface area contributed by atoms with Gasteiger partial charge in [0.2, 0.25) is 0 Å². The summed E-state index contributed by atoms with van der Waals surface area (Å²) in [4.78, 5) is 0. The van der Waals surface area contributed by atoms with Crippen molar-refractivity contribution < 1.29 is 4.74 Å². The lowest BCUT2D eigenvalue weighted by molar-refractivity contribution is 0.401. The zero-order chi connectivity index (χ0) is 10.7. The molecule has 0 aliphatic rings. The van der Waals surface area contributed by atoms with Gasteiger partial charge in [0.05, 0.1) is 13.3 Å². The highest BCUT2D eigenvalue weighted by Crippen LogP contribution is 2.27. The number of nitrogens with two attached hydrogens (primary N) is 1. The molecule has 0 aliphatic carbocycles. The van der Waals surface area contributed by atoms with Crippen molar-refractivity contribution in [3.63, 3.8) is 0 Å². The third-order valence-electron chi connectivity index (χ3n) is 2.34. The van der Waals surface area contributed by atoms with E-state index in [0.29, 0.717) is 0 Å². The molecule has 1 atom stereocenters. The molecule has 0 bridgehead atoms. The fourth-order valence-corrected chi connectivity index (χ4v) is 1.65. The maximum absolute atomic E-state index is 5.93. The molecule has 0 radical (unpaired) electrons. The smallest absolute Gasteiger partial charge is 0.125 e. The fourth-order valence-electron chi connectivity index (χ4n) is 1.65. The molecular formula is C11H18N2O. The summed E-state index contributed by atoms with van der Waals surface area (Å²) in [6.45, 7) is 4.09. The van der Waals surface area contributed by atoms with Crippen LogP contribution in [0.2, 0.25) is 0 Å². The lowest BCUT2D eigenvalue weighted by Crippen LogP contribution is -2.26. The van der Waals surface area contributed by atoms with Gasteiger partial charge in [-0.1, -0.05) is 6.07 Å². The van der Waals surface area contributed by atoms with Crippen molar-refractivity contribution in [2.45, 2.75) is 20.0 Å². The molecule has 1 aromatic carbocycles. The van der Waals surface area contributed by atoms with Gasteiger partial charge >= 0.3 is 0 Å². The Morgan fingerprint density at radius 2 is 2.00 bits per heavy atom. The minimum absolute atomic E-state index is 0.175. The van der Waals surface area contributed by atoms with Gasteiger partial charge in [-0.25, -0.2) is 0 Å². The molecule has 0 fully saturated rings. The van der Waals surface area contributed by atoms with Gasteiger partial charge in [0.25, 0.3) is 0 Å². The largest absolute Gasteiger partial charge is 0.496 e. The first-order chi connectivity index (χ1) is 6.60. The molecule has 1 aromatic rings. The van der Waals surface area contributed by atoms with Crippen molar-refractivity contribution in [2.24, 2.45) is 5.73 Å². The van der Waals surface area contributed by atoms with Crippen molar-refractivity contribution in [2.75, 3.05) is 14.2 Å². The molecule has 0 saturated carbocycles. The Hall–Kier alpha value is -1.06. The molecule has 0 saturated heterocycles. The van der Waals surface area contributed by atoms with E-state index in [1.165, 1.54) is 5.56 Å². The van der Waals surface area contributed by atoms with E-state index in [9.17, 15) is 0 Å². The maximum atomic E-state index is 5.93. The Kier molecular flexibility index (Phi) is 3.49. The van der Waals surface area contributed by atoms with Crippen LogP contribution in [0.4, 0.5) is 0 Å². The van der Waals surface area contributed by atoms with Crippen LogP contribution < -0.4 is 15.8 Å². The molecule has 0 heterocycles. The minimum atomic E-state index is -0.175. The highest BCUT2D eigenvalue weighted by Gasteiger charge is 2.13. The predicted octanol–water partition coefficient (Wildman–Crippen LogP) is 1.49. The van der Waals surface area contributed by atoms with E-state index in [0.717, 1.165) is 16.9 Å². The quantitative estimate of drug-likeness (QED) is 0.717. The Morgan fingerprint density at radius 3 is 2.50 bits per heavy atom. The molecule has 0 amide bonds. The molecule has 3 N–H and O–H groups in total. The average Bonchev–Trinajstić information content (AvgIpc) is 2.15. The van der Waals surface area contributed by atoms with Gasteiger partial charge in [-0.05, 0) is 38.1 Å². The molecule has 3 heteroatoms. The van der Waals surface area contributed by atoms with Crippen LogP contribution in [0.15, 0.2) is 12.1 Å². The molecule has 0 spiro atoms. The van der Waals surface area contributed by atoms with Gasteiger partial charge in [-0.2, -0.15) is 0 Å². The van der Waals surface area contributed by atoms with Gasteiger partial charge in [-0.15, -0.1) is 0 Å². The molecule has 1 rings (SSSR count). The van der Waals surface area contributed by atoms with E-state index in [4.69, 9.17) is 10.5 Å². The molecule has 0 aromatic heterocycles. The van der Waals surface area contributed by atoms with Crippen LogP contribution in [-0.2, 0) is 0 Å². The van der Waals surface area contributed by atoms with E-state index in [1.807, 2.05) is 27.0 Å². The lowest BCUT2D eigenvalue weighted by atomic mass is 10.0. The second-order valence-corrected chi connectivity index (χ2v) is 3.46. The Balaban J connectivity index is 3.24. The number of hydrogen-bond donors (Lipinski definition) is 2. The van der Waals surface area contributed by atoms with E-state index < -0.39 is 0 Å². The van der Waals surface area contributed by atoms with Gasteiger partial charge in [0.15, 0.2) is 0 Å². The number of benzene rings is 1. The number of rotatable bonds is 3. The number of hydrogen-bond acceptors (Lipinski definition) is 3. The van der Waals surface area contributed by atoms with E-state index in [1.54, 1.807) is 7.11 Å². The summed E-state index contributed by atoms with van der Waals surface area (Å²) < 4.78 is 5.31. The van der Waals surface area contributed by atoms with Gasteiger partial charge in [-0.3, -0.25) is 0 Å². The summed E-state index contributed by atoms with van der Waals surface area (Å²) in [6.07, 6.45) is -0.175. The van der Waals surface area contributed by atoms with Crippen LogP contribution in [0.3, 0.4) is 0 Å². The van der Waals surface area contributed by atoms with Crippen LogP contribution in [0.5, 0.6) is 5.75 Å². The third-order valence-corrected chi connectivity index (χ3v) is 2.34. The fraction of sp³-hybridized carbons (Fsp3) is 0.455. The van der Waals surface area contributed by atoms with Crippen LogP contribution in [-0.4, -0.2) is 14.2 Å². The summed E-state index contributed by atoms with van der Waals surface area (Å²) in [7, 11) is 3.50. The molecule has 1 unspecified atom stereocenters. The summed E-state index contributed by atoms with van der Waals surface area (Å²) in [5, 5.41) is 3.01. The molecule has 78 valence electrons. The zero-order valence-electron chi connectivity index (χ0n) is 9.22. The SMILES string of the molecule is CNC(N)c1c(C)cc(C)cc1OC. The van der Waals surface area contributed by atoms with Crippen molar-refractivity contribution >= 4 is 0 Å². The summed E-state index contributed by atoms with van der Waals surface area (Å²) >= 11 is 0. The topological polar surface area (TPSA) is 47.3 Å². The van der Waals surface area contributed by atoms with Gasteiger partial charge in [0, 0.05) is 5.56 Å². The number of nitrogens with one attached hydrogen (secondary N) is 1. The average molecular weight is 194 g/mol. The summed E-state index contributed by atoms with van der Waals surface area (Å²) in [5.41, 5.74) is 9.30. The van der Waals surface area contributed by atoms with Crippen LogP contribution in [0, 0.1) is 13.8 Å². The van der Waals surface area contributed by atoms with Crippen LogP contribution >= 0.6 is 0 Å². The Morgan fingerprint density at radius 1 is 1.36 bits per heavy atom. The zero-order valence-corrected chi connectivity index (χ0v) is 9.22. The molecule has 0 aliphatic heterocycles. The summed E-state index contributed by atoms with van der Waals surface area (Å²) in [6, 6.07) is 4.11. The Bertz CT molecular complexity index is 323. The normalized spacial score (nSPS) is 12.6. The highest BCUT2D eigenvalue weighted by molar-refractivity contribution is 5.44. The van der Waals surface area contributed by atoms with Crippen molar-refractivity contribution in [1.29, 1.82) is 0 Å². The van der Waals surface area contributed by atoms with Crippen molar-refractivity contribution in [1.82, 2.24) is 5.32 Å². The Labute approximate surface area is 85.3 Å². The minimum Gasteiger partial charge on any atom is -0.496 e. The van der Waals surface area contributed by atoms with Crippen molar-refractivity contribution in [3.8, 4) is 5.75 Å². The second-order valence-electron chi connectivity index (χ2n) is 3.46. The van der Waals surface area contributed by atoms with E-state index >= 15 is 0 Å². The molecule has 3 nitrogen and oxygen atoms in total. The predicted molar refractivity (Wildman–Crippen MR) is 58.5 cm³/mol. The summed E-state index contributed by atoms with van der Waals surface area (Å²) in [5.74, 6) is 0.851. The first-order valence-electron chi connectivity index (χ1n) is 4.68. The number of ether oxygens (including phenoxy) is 1. The number of aryl methyl sites for hydroxylation is 2.